The Bertz CT molecular complexity index is 2100. The van der Waals surface area contributed by atoms with Crippen molar-refractivity contribution in [3.8, 4) is 5.75 Å². The number of carbonyl (C=O) groups excluding carboxylic acids is 2. The predicted molar refractivity (Wildman–Crippen MR) is 190 cm³/mol. The van der Waals surface area contributed by atoms with E-state index in [1.807, 2.05) is 0 Å². The molecule has 2 amide bonds. The van der Waals surface area contributed by atoms with Crippen molar-refractivity contribution >= 4 is 27.7 Å². The van der Waals surface area contributed by atoms with Crippen LogP contribution < -0.4 is 20.7 Å². The molecule has 4 atom stereocenters. The molecule has 0 aromatic heterocycles. The number of amides is 2. The van der Waals surface area contributed by atoms with Crippen LogP contribution in [-0.4, -0.2) is 69.4 Å². The van der Waals surface area contributed by atoms with Gasteiger partial charge in [0.15, 0.2) is 0 Å². The third-order valence-corrected chi connectivity index (χ3v) is 11.2. The minimum absolute atomic E-state index is 0.0177. The minimum atomic E-state index is -4.96. The SMILES string of the molecule is COC(=O)N[C@H](C(=O)Nc1cccc(F)c1CCC[C@H]1CNC[C@H](C)N1S(=O)(=O)c1ccc(OC(F)(F)F)cc1)[C@@H](c1ccc(F)cc1)c1cc(F)cc(F)c1. The van der Waals surface area contributed by atoms with E-state index in [0.29, 0.717) is 6.07 Å². The molecule has 1 aliphatic heterocycles. The molecular weight excluding hydrogens is 773 g/mol. The molecular formula is C38H37F7N4O6S. The second-order valence-corrected chi connectivity index (χ2v) is 14.9. The third-order valence-electron chi connectivity index (χ3n) is 9.14. The molecule has 1 saturated heterocycles. The van der Waals surface area contributed by atoms with Gasteiger partial charge in [-0.3, -0.25) is 4.79 Å². The van der Waals surface area contributed by atoms with Crippen LogP contribution in [0.25, 0.3) is 0 Å². The van der Waals surface area contributed by atoms with Crippen LogP contribution in [0.4, 0.5) is 41.2 Å². The Balaban J connectivity index is 1.38. The number of ether oxygens (including phenoxy) is 2. The number of hydrogen-bond donors (Lipinski definition) is 3. The lowest BCUT2D eigenvalue weighted by molar-refractivity contribution is -0.274. The molecule has 0 radical (unpaired) electrons. The highest BCUT2D eigenvalue weighted by molar-refractivity contribution is 7.89. The lowest BCUT2D eigenvalue weighted by atomic mass is 9.84. The van der Waals surface area contributed by atoms with Crippen LogP contribution in [-0.2, 0) is 26.0 Å². The fourth-order valence-corrected chi connectivity index (χ4v) is 8.58. The Kier molecular flexibility index (Phi) is 13.3. The molecule has 4 aromatic carbocycles. The summed E-state index contributed by atoms with van der Waals surface area (Å²) in [5.41, 5.74) is 0.105. The number of nitrogens with zero attached hydrogens (tertiary/aromatic N) is 1. The van der Waals surface area contributed by atoms with Gasteiger partial charge in [-0.1, -0.05) is 18.2 Å². The molecule has 300 valence electrons. The smallest absolute Gasteiger partial charge is 0.453 e. The van der Waals surface area contributed by atoms with Crippen molar-refractivity contribution < 1.29 is 58.2 Å². The molecule has 0 aliphatic carbocycles. The summed E-state index contributed by atoms with van der Waals surface area (Å²) < 4.78 is 134. The van der Waals surface area contributed by atoms with Crippen LogP contribution in [0, 0.1) is 23.3 Å². The lowest BCUT2D eigenvalue weighted by Crippen LogP contribution is -2.58. The van der Waals surface area contributed by atoms with E-state index in [-0.39, 0.29) is 59.6 Å². The maximum atomic E-state index is 15.5. The van der Waals surface area contributed by atoms with Crippen LogP contribution in [0.15, 0.2) is 89.8 Å². The minimum Gasteiger partial charge on any atom is -0.453 e. The van der Waals surface area contributed by atoms with Crippen LogP contribution in [0.1, 0.15) is 42.4 Å². The summed E-state index contributed by atoms with van der Waals surface area (Å²) in [4.78, 5) is 26.4. The van der Waals surface area contributed by atoms with Gasteiger partial charge in [-0.25, -0.2) is 30.8 Å². The molecule has 10 nitrogen and oxygen atoms in total. The van der Waals surface area contributed by atoms with Crippen molar-refractivity contribution in [2.45, 2.75) is 61.5 Å². The molecule has 0 bridgehead atoms. The number of hydrogen-bond acceptors (Lipinski definition) is 7. The number of benzene rings is 4. The normalized spacial score (nSPS) is 17.4. The highest BCUT2D eigenvalue weighted by atomic mass is 32.2. The summed E-state index contributed by atoms with van der Waals surface area (Å²) in [6, 6.07) is 12.0. The summed E-state index contributed by atoms with van der Waals surface area (Å²) in [5, 5.41) is 8.13. The topological polar surface area (TPSA) is 126 Å². The summed E-state index contributed by atoms with van der Waals surface area (Å²) in [6.45, 7) is 2.17. The van der Waals surface area contributed by atoms with Crippen molar-refractivity contribution in [3.05, 3.63) is 125 Å². The number of halogens is 7. The maximum absolute atomic E-state index is 15.5. The molecule has 0 unspecified atom stereocenters. The molecule has 1 heterocycles. The van der Waals surface area contributed by atoms with Crippen LogP contribution >= 0.6 is 0 Å². The molecule has 5 rings (SSSR count). The number of piperazine rings is 1. The average molecular weight is 811 g/mol. The Morgan fingerprint density at radius 3 is 2.18 bits per heavy atom. The molecule has 3 N–H and O–H groups in total. The number of rotatable bonds is 13. The van der Waals surface area contributed by atoms with Gasteiger partial charge >= 0.3 is 12.5 Å². The van der Waals surface area contributed by atoms with E-state index < -0.39 is 81.4 Å². The van der Waals surface area contributed by atoms with Gasteiger partial charge in [0.2, 0.25) is 15.9 Å². The Labute approximate surface area is 318 Å². The second-order valence-electron chi connectivity index (χ2n) is 13.0. The first-order chi connectivity index (χ1) is 26.5. The van der Waals surface area contributed by atoms with Gasteiger partial charge in [0.05, 0.1) is 12.0 Å². The van der Waals surface area contributed by atoms with Gasteiger partial charge in [0, 0.05) is 48.4 Å². The largest absolute Gasteiger partial charge is 0.573 e. The quantitative estimate of drug-likeness (QED) is 0.124. The number of sulfonamides is 1. The zero-order valence-electron chi connectivity index (χ0n) is 29.9. The Hall–Kier alpha value is -5.20. The molecule has 18 heteroatoms. The number of alkyl carbamates (subject to hydrolysis) is 1. The summed E-state index contributed by atoms with van der Waals surface area (Å²) in [7, 11) is -3.19. The molecule has 1 aliphatic rings. The van der Waals surface area contributed by atoms with E-state index in [1.165, 1.54) is 28.6 Å². The number of carbonyl (C=O) groups is 2. The molecule has 0 spiro atoms. The van der Waals surface area contributed by atoms with Gasteiger partial charge in [-0.2, -0.15) is 4.31 Å². The number of methoxy groups -OCH3 is 1. The van der Waals surface area contributed by atoms with Gasteiger partial charge < -0.3 is 25.4 Å². The first kappa shape index (κ1) is 42.0. The fourth-order valence-electron chi connectivity index (χ4n) is 6.74. The molecule has 56 heavy (non-hydrogen) atoms. The third kappa shape index (κ3) is 10.3. The van der Waals surface area contributed by atoms with Crippen molar-refractivity contribution in [1.29, 1.82) is 0 Å². The first-order valence-electron chi connectivity index (χ1n) is 17.2. The van der Waals surface area contributed by atoms with Crippen molar-refractivity contribution in [2.75, 3.05) is 25.5 Å². The maximum Gasteiger partial charge on any atom is 0.573 e. The van der Waals surface area contributed by atoms with Crippen LogP contribution in [0.5, 0.6) is 5.75 Å². The number of alkyl halides is 3. The van der Waals surface area contributed by atoms with Gasteiger partial charge in [-0.05, 0) is 98.0 Å². The molecule has 4 aromatic rings. The van der Waals surface area contributed by atoms with E-state index in [9.17, 15) is 44.3 Å². The summed E-state index contributed by atoms with van der Waals surface area (Å²) in [5.74, 6) is -6.18. The standard InChI is InChI=1S/C38H37F7N4O6S/c1-22-20-46-21-28(49(22)56(52,53)30-15-13-29(14-16-30)55-38(43,44)45)5-3-6-31-32(42)7-4-8-33(31)47-36(50)35(48-37(51)54-2)34(23-9-11-25(39)12-10-23)24-17-26(40)19-27(41)18-24/h4,7-19,22,28,34-35,46H,3,5-6,20-21H2,1-2H3,(H,47,50)(H,48,51)/t22-,28-,34-,35-/m0/s1. The highest BCUT2D eigenvalue weighted by Crippen LogP contribution is 2.33. The Morgan fingerprint density at radius 1 is 0.893 bits per heavy atom. The number of nitrogens with one attached hydrogen (secondary N) is 3. The molecule has 0 saturated carbocycles. The van der Waals surface area contributed by atoms with E-state index >= 15 is 4.39 Å². The summed E-state index contributed by atoms with van der Waals surface area (Å²) >= 11 is 0. The van der Waals surface area contributed by atoms with E-state index in [0.717, 1.165) is 61.7 Å². The monoisotopic (exact) mass is 810 g/mol. The fraction of sp³-hybridized carbons (Fsp3) is 0.316. The second kappa shape index (κ2) is 17.7. The average Bonchev–Trinajstić information content (AvgIpc) is 3.12. The van der Waals surface area contributed by atoms with E-state index in [4.69, 9.17) is 4.74 Å². The van der Waals surface area contributed by atoms with Crippen molar-refractivity contribution in [1.82, 2.24) is 14.9 Å². The van der Waals surface area contributed by atoms with Gasteiger partial charge in [0.1, 0.15) is 35.1 Å². The van der Waals surface area contributed by atoms with Crippen LogP contribution in [0.2, 0.25) is 0 Å². The van der Waals surface area contributed by atoms with Crippen molar-refractivity contribution in [3.63, 3.8) is 0 Å². The van der Waals surface area contributed by atoms with E-state index in [1.54, 1.807) is 6.92 Å². The lowest BCUT2D eigenvalue weighted by Gasteiger charge is -2.40. The summed E-state index contributed by atoms with van der Waals surface area (Å²) in [6.07, 6.45) is -5.68. The van der Waals surface area contributed by atoms with Crippen molar-refractivity contribution in [2.24, 2.45) is 0 Å². The van der Waals surface area contributed by atoms with Gasteiger partial charge in [-0.15, -0.1) is 13.2 Å². The van der Waals surface area contributed by atoms with E-state index in [2.05, 4.69) is 20.7 Å². The molecule has 1 fully saturated rings. The number of anilines is 1. The first-order valence-corrected chi connectivity index (χ1v) is 18.6. The van der Waals surface area contributed by atoms with Crippen LogP contribution in [0.3, 0.4) is 0 Å². The zero-order valence-corrected chi connectivity index (χ0v) is 30.7. The van der Waals surface area contributed by atoms with Gasteiger partial charge in [0.25, 0.3) is 0 Å². The predicted octanol–water partition coefficient (Wildman–Crippen LogP) is 7.01. The Morgan fingerprint density at radius 2 is 1.55 bits per heavy atom. The zero-order chi connectivity index (χ0) is 40.8. The highest BCUT2D eigenvalue weighted by Gasteiger charge is 2.39.